The first-order chi connectivity index (χ1) is 18.2. The number of rotatable bonds is 9. The van der Waals surface area contributed by atoms with Crippen LogP contribution in [0.3, 0.4) is 0 Å². The zero-order chi connectivity index (χ0) is 27.1. The summed E-state index contributed by atoms with van der Waals surface area (Å²) in [6.45, 7) is 11.8. The SMILES string of the molecule is COc1cc(OC)cc(-c2cc3cnc(NCCCN4CCNCC4)nc3nc2NC(=O)NC(C)(C)C)c1.Cl. The quantitative estimate of drug-likeness (QED) is 0.290. The van der Waals surface area contributed by atoms with Crippen LogP contribution in [0.4, 0.5) is 16.6 Å². The highest BCUT2D eigenvalue weighted by Crippen LogP contribution is 2.35. The Morgan fingerprint density at radius 3 is 2.38 bits per heavy atom. The molecule has 4 N–H and O–H groups in total. The number of nitrogens with zero attached hydrogens (tertiary/aromatic N) is 4. The fourth-order valence-electron chi connectivity index (χ4n) is 4.24. The van der Waals surface area contributed by atoms with Crippen molar-refractivity contribution >= 4 is 41.2 Å². The van der Waals surface area contributed by atoms with Crippen molar-refractivity contribution in [3.05, 3.63) is 30.5 Å². The smallest absolute Gasteiger partial charge is 0.320 e. The highest BCUT2D eigenvalue weighted by molar-refractivity contribution is 5.96. The van der Waals surface area contributed by atoms with Crippen LogP contribution in [0.15, 0.2) is 30.5 Å². The van der Waals surface area contributed by atoms with Crippen LogP contribution in [0.2, 0.25) is 0 Å². The maximum absolute atomic E-state index is 12.8. The lowest BCUT2D eigenvalue weighted by atomic mass is 10.0. The van der Waals surface area contributed by atoms with Crippen molar-refractivity contribution in [1.82, 2.24) is 30.5 Å². The predicted octanol–water partition coefficient (Wildman–Crippen LogP) is 3.76. The molecular formula is C27H39ClN8O3. The largest absolute Gasteiger partial charge is 0.497 e. The van der Waals surface area contributed by atoms with Crippen molar-refractivity contribution in [2.24, 2.45) is 0 Å². The van der Waals surface area contributed by atoms with Crippen LogP contribution >= 0.6 is 12.4 Å². The number of hydrogen-bond donors (Lipinski definition) is 4. The number of ether oxygens (including phenoxy) is 2. The summed E-state index contributed by atoms with van der Waals surface area (Å²) in [7, 11) is 3.19. The summed E-state index contributed by atoms with van der Waals surface area (Å²) in [5.41, 5.74) is 1.54. The molecule has 1 aliphatic rings. The lowest BCUT2D eigenvalue weighted by molar-refractivity contribution is 0.240. The van der Waals surface area contributed by atoms with E-state index in [0.29, 0.717) is 34.5 Å². The third-order valence-corrected chi connectivity index (χ3v) is 6.10. The highest BCUT2D eigenvalue weighted by atomic mass is 35.5. The van der Waals surface area contributed by atoms with E-state index < -0.39 is 5.54 Å². The van der Waals surface area contributed by atoms with Crippen LogP contribution < -0.4 is 30.7 Å². The molecule has 1 fully saturated rings. The van der Waals surface area contributed by atoms with Gasteiger partial charge in [-0.1, -0.05) is 0 Å². The lowest BCUT2D eigenvalue weighted by Crippen LogP contribution is -2.44. The van der Waals surface area contributed by atoms with Crippen molar-refractivity contribution in [3.63, 3.8) is 0 Å². The molecule has 0 bridgehead atoms. The number of halogens is 1. The second kappa shape index (κ2) is 13.6. The Morgan fingerprint density at radius 2 is 1.74 bits per heavy atom. The number of fused-ring (bicyclic) bond motifs is 1. The summed E-state index contributed by atoms with van der Waals surface area (Å²) in [4.78, 5) is 29.1. The molecule has 12 heteroatoms. The van der Waals surface area contributed by atoms with E-state index in [4.69, 9.17) is 14.5 Å². The van der Waals surface area contributed by atoms with Gasteiger partial charge in [-0.2, -0.15) is 4.98 Å². The van der Waals surface area contributed by atoms with E-state index in [2.05, 4.69) is 36.1 Å². The topological polar surface area (TPSA) is 126 Å². The normalized spacial score (nSPS) is 13.9. The van der Waals surface area contributed by atoms with Crippen molar-refractivity contribution in [3.8, 4) is 22.6 Å². The van der Waals surface area contributed by atoms with E-state index >= 15 is 0 Å². The number of methoxy groups -OCH3 is 2. The second-order valence-corrected chi connectivity index (χ2v) is 10.3. The number of piperazine rings is 1. The highest BCUT2D eigenvalue weighted by Gasteiger charge is 2.19. The third kappa shape index (κ3) is 8.54. The Morgan fingerprint density at radius 1 is 1.05 bits per heavy atom. The molecule has 0 spiro atoms. The minimum Gasteiger partial charge on any atom is -0.497 e. The van der Waals surface area contributed by atoms with Gasteiger partial charge in [0, 0.05) is 61.5 Å². The summed E-state index contributed by atoms with van der Waals surface area (Å²) in [5.74, 6) is 2.13. The number of nitrogens with one attached hydrogen (secondary N) is 4. The number of carbonyl (C=O) groups is 1. The zero-order valence-electron chi connectivity index (χ0n) is 23.3. The van der Waals surface area contributed by atoms with Gasteiger partial charge in [0.25, 0.3) is 0 Å². The van der Waals surface area contributed by atoms with Crippen molar-refractivity contribution in [2.75, 3.05) is 64.1 Å². The van der Waals surface area contributed by atoms with Crippen molar-refractivity contribution in [2.45, 2.75) is 32.7 Å². The minimum atomic E-state index is -0.412. The Kier molecular flexibility index (Phi) is 10.5. The zero-order valence-corrected chi connectivity index (χ0v) is 24.1. The Bertz CT molecular complexity index is 1240. The van der Waals surface area contributed by atoms with Crippen molar-refractivity contribution in [1.29, 1.82) is 0 Å². The van der Waals surface area contributed by atoms with Crippen LogP contribution in [0.5, 0.6) is 11.5 Å². The molecule has 1 saturated heterocycles. The molecule has 212 valence electrons. The fourth-order valence-corrected chi connectivity index (χ4v) is 4.24. The van der Waals surface area contributed by atoms with Gasteiger partial charge in [0.15, 0.2) is 5.65 Å². The number of pyridine rings is 1. The van der Waals surface area contributed by atoms with Crippen LogP contribution in [-0.2, 0) is 0 Å². The number of urea groups is 1. The number of carbonyl (C=O) groups excluding carboxylic acids is 1. The molecule has 2 amide bonds. The van der Waals surface area contributed by atoms with E-state index in [-0.39, 0.29) is 18.4 Å². The van der Waals surface area contributed by atoms with E-state index in [1.807, 2.05) is 39.0 Å². The van der Waals surface area contributed by atoms with Gasteiger partial charge in [-0.05, 0) is 57.5 Å². The van der Waals surface area contributed by atoms with E-state index in [1.165, 1.54) is 0 Å². The van der Waals surface area contributed by atoms with Crippen LogP contribution in [0, 0.1) is 0 Å². The third-order valence-electron chi connectivity index (χ3n) is 6.10. The standard InChI is InChI=1S/C27H38N8O3.ClH/c1-27(2,3)34-26(36)33-24-22(18-13-20(37-4)16-21(14-18)38-5)15-19-17-30-25(32-23(19)31-24)29-7-6-10-35-11-8-28-9-12-35;/h13-17,28H,6-12H2,1-5H3,(H3,29,30,31,32,33,34,36);1H. The number of anilines is 2. The molecule has 39 heavy (non-hydrogen) atoms. The van der Waals surface area contributed by atoms with E-state index in [0.717, 1.165) is 56.6 Å². The van der Waals surface area contributed by atoms with E-state index in [9.17, 15) is 4.79 Å². The molecule has 2 aromatic heterocycles. The molecule has 0 radical (unpaired) electrons. The first kappa shape index (κ1) is 30.1. The van der Waals surface area contributed by atoms with Gasteiger partial charge in [0.2, 0.25) is 5.95 Å². The van der Waals surface area contributed by atoms with Crippen molar-refractivity contribution < 1.29 is 14.3 Å². The summed E-state index contributed by atoms with van der Waals surface area (Å²) in [5, 5.41) is 13.3. The number of benzene rings is 1. The van der Waals surface area contributed by atoms with Gasteiger partial charge >= 0.3 is 6.03 Å². The number of amides is 2. The van der Waals surface area contributed by atoms with Gasteiger partial charge in [0.1, 0.15) is 17.3 Å². The van der Waals surface area contributed by atoms with Gasteiger partial charge in [0.05, 0.1) is 14.2 Å². The van der Waals surface area contributed by atoms with Gasteiger partial charge < -0.3 is 30.3 Å². The molecular weight excluding hydrogens is 520 g/mol. The van der Waals surface area contributed by atoms with Gasteiger partial charge in [-0.3, -0.25) is 5.32 Å². The second-order valence-electron chi connectivity index (χ2n) is 10.3. The molecule has 11 nitrogen and oxygen atoms in total. The maximum Gasteiger partial charge on any atom is 0.320 e. The average Bonchev–Trinajstić information content (AvgIpc) is 2.89. The minimum absolute atomic E-state index is 0. The number of hydrogen-bond acceptors (Lipinski definition) is 9. The summed E-state index contributed by atoms with van der Waals surface area (Å²) in [6.07, 6.45) is 2.74. The average molecular weight is 559 g/mol. The lowest BCUT2D eigenvalue weighted by Gasteiger charge is -2.27. The monoisotopic (exact) mass is 558 g/mol. The first-order valence-corrected chi connectivity index (χ1v) is 12.9. The Hall–Kier alpha value is -3.41. The van der Waals surface area contributed by atoms with E-state index in [1.54, 1.807) is 26.5 Å². The summed E-state index contributed by atoms with van der Waals surface area (Å²) >= 11 is 0. The molecule has 4 rings (SSSR count). The molecule has 0 saturated carbocycles. The molecule has 0 unspecified atom stereocenters. The van der Waals surface area contributed by atoms with Crippen LogP contribution in [-0.4, -0.2) is 84.9 Å². The Labute approximate surface area is 235 Å². The summed E-state index contributed by atoms with van der Waals surface area (Å²) in [6, 6.07) is 7.08. The number of aromatic nitrogens is 3. The van der Waals surface area contributed by atoms with Crippen LogP contribution in [0.25, 0.3) is 22.2 Å². The molecule has 0 aliphatic carbocycles. The molecule has 3 aromatic rings. The summed E-state index contributed by atoms with van der Waals surface area (Å²) < 4.78 is 10.9. The molecule has 1 aliphatic heterocycles. The molecule has 1 aromatic carbocycles. The predicted molar refractivity (Wildman–Crippen MR) is 157 cm³/mol. The van der Waals surface area contributed by atoms with Gasteiger partial charge in [-0.25, -0.2) is 14.8 Å². The molecule has 0 atom stereocenters. The first-order valence-electron chi connectivity index (χ1n) is 12.9. The Balaban J connectivity index is 0.00000420. The van der Waals surface area contributed by atoms with Gasteiger partial charge in [-0.15, -0.1) is 12.4 Å². The maximum atomic E-state index is 12.8. The van der Waals surface area contributed by atoms with Crippen LogP contribution in [0.1, 0.15) is 27.2 Å². The molecule has 3 heterocycles. The fraction of sp³-hybridized carbons (Fsp3) is 0.481.